The highest BCUT2D eigenvalue weighted by Gasteiger charge is 2.09. The Labute approximate surface area is 150 Å². The van der Waals surface area contributed by atoms with Crippen LogP contribution in [-0.2, 0) is 6.42 Å². The van der Waals surface area contributed by atoms with E-state index in [4.69, 9.17) is 9.26 Å². The normalized spacial score (nSPS) is 10.4. The van der Waals surface area contributed by atoms with Crippen molar-refractivity contribution >= 4 is 17.7 Å². The van der Waals surface area contributed by atoms with Gasteiger partial charge in [-0.1, -0.05) is 17.3 Å². The Morgan fingerprint density at radius 3 is 2.73 bits per heavy atom. The lowest BCUT2D eigenvalue weighted by molar-refractivity contribution is 0.0949. The first kappa shape index (κ1) is 17.4. The molecule has 0 radical (unpaired) electrons. The third-order valence-corrected chi connectivity index (χ3v) is 3.61. The maximum Gasteiger partial charge on any atom is 0.270 e. The Morgan fingerprint density at radius 1 is 1.23 bits per heavy atom. The molecule has 0 saturated heterocycles. The van der Waals surface area contributed by atoms with E-state index >= 15 is 0 Å². The molecule has 0 aliphatic heterocycles. The second kappa shape index (κ2) is 8.11. The van der Waals surface area contributed by atoms with E-state index in [0.29, 0.717) is 24.5 Å². The number of nitrogens with one attached hydrogen (secondary N) is 2. The molecular formula is C18H19N5O3. The van der Waals surface area contributed by atoms with Gasteiger partial charge in [-0.15, -0.1) is 0 Å². The number of hydrogen-bond donors (Lipinski definition) is 2. The lowest BCUT2D eigenvalue weighted by Gasteiger charge is -2.07. The molecule has 1 amide bonds. The van der Waals surface area contributed by atoms with Gasteiger partial charge in [0.1, 0.15) is 17.2 Å². The molecule has 3 aromatic rings. The zero-order chi connectivity index (χ0) is 18.4. The average Bonchev–Trinajstić information content (AvgIpc) is 3.07. The topological polar surface area (TPSA) is 102 Å². The zero-order valence-electron chi connectivity index (χ0n) is 14.5. The summed E-state index contributed by atoms with van der Waals surface area (Å²) in [4.78, 5) is 20.5. The second-order valence-electron chi connectivity index (χ2n) is 5.57. The van der Waals surface area contributed by atoms with Crippen molar-refractivity contribution in [2.45, 2.75) is 13.3 Å². The fourth-order valence-corrected chi connectivity index (χ4v) is 2.29. The Hall–Kier alpha value is -3.42. The number of hydrogen-bond acceptors (Lipinski definition) is 7. The van der Waals surface area contributed by atoms with Crippen LogP contribution in [0.15, 0.2) is 47.1 Å². The molecule has 2 heterocycles. The maximum absolute atomic E-state index is 12.3. The lowest BCUT2D eigenvalue weighted by atomic mass is 10.1. The molecule has 0 aliphatic carbocycles. The number of ether oxygens (including phenoxy) is 1. The van der Waals surface area contributed by atoms with E-state index < -0.39 is 0 Å². The van der Waals surface area contributed by atoms with Gasteiger partial charge in [0.25, 0.3) is 5.91 Å². The molecule has 0 spiro atoms. The van der Waals surface area contributed by atoms with Gasteiger partial charge in [-0.3, -0.25) is 4.79 Å². The van der Waals surface area contributed by atoms with Crippen molar-refractivity contribution in [3.05, 3.63) is 59.6 Å². The van der Waals surface area contributed by atoms with Crippen LogP contribution in [0.4, 0.5) is 11.8 Å². The maximum atomic E-state index is 12.3. The number of nitrogens with zero attached hydrogens (tertiary/aromatic N) is 3. The van der Waals surface area contributed by atoms with Crippen LogP contribution in [0.2, 0.25) is 0 Å². The van der Waals surface area contributed by atoms with Gasteiger partial charge in [0.05, 0.1) is 7.11 Å². The molecule has 0 fully saturated rings. The number of anilines is 2. The zero-order valence-corrected chi connectivity index (χ0v) is 14.5. The number of carbonyl (C=O) groups excluding carboxylic acids is 1. The summed E-state index contributed by atoms with van der Waals surface area (Å²) in [5.41, 5.74) is 1.38. The Kier molecular flexibility index (Phi) is 5.43. The predicted molar refractivity (Wildman–Crippen MR) is 95.6 cm³/mol. The second-order valence-corrected chi connectivity index (χ2v) is 5.57. The van der Waals surface area contributed by atoms with E-state index in [1.54, 1.807) is 26.2 Å². The van der Waals surface area contributed by atoms with Crippen molar-refractivity contribution in [1.82, 2.24) is 20.4 Å². The minimum atomic E-state index is -0.264. The first-order chi connectivity index (χ1) is 12.6. The van der Waals surface area contributed by atoms with Gasteiger partial charge in [-0.25, -0.2) is 9.97 Å². The minimum absolute atomic E-state index is 0.264. The van der Waals surface area contributed by atoms with Gasteiger partial charge >= 0.3 is 0 Å². The van der Waals surface area contributed by atoms with Gasteiger partial charge in [-0.05, 0) is 37.1 Å². The predicted octanol–water partition coefficient (Wildman–Crippen LogP) is 2.50. The molecule has 1 aromatic carbocycles. The summed E-state index contributed by atoms with van der Waals surface area (Å²) in [6, 6.07) is 11.0. The summed E-state index contributed by atoms with van der Waals surface area (Å²) >= 11 is 0. The van der Waals surface area contributed by atoms with Crippen molar-refractivity contribution in [1.29, 1.82) is 0 Å². The van der Waals surface area contributed by atoms with Gasteiger partial charge in [-0.2, -0.15) is 0 Å². The lowest BCUT2D eigenvalue weighted by Crippen LogP contribution is -2.26. The Bertz CT molecular complexity index is 877. The summed E-state index contributed by atoms with van der Waals surface area (Å²) in [5, 5.41) is 9.55. The average molecular weight is 353 g/mol. The molecule has 2 aromatic heterocycles. The molecule has 8 heteroatoms. The number of aryl methyl sites for hydroxylation is 1. The molecule has 3 rings (SSSR count). The fraction of sp³-hybridized carbons (Fsp3) is 0.222. The van der Waals surface area contributed by atoms with Gasteiger partial charge in [0, 0.05) is 18.8 Å². The van der Waals surface area contributed by atoms with E-state index in [9.17, 15) is 4.79 Å². The molecule has 0 atom stereocenters. The molecule has 26 heavy (non-hydrogen) atoms. The van der Waals surface area contributed by atoms with Crippen LogP contribution in [0.5, 0.6) is 5.75 Å². The number of benzene rings is 1. The smallest absolute Gasteiger partial charge is 0.270 e. The van der Waals surface area contributed by atoms with Crippen LogP contribution in [-0.4, -0.2) is 34.7 Å². The highest BCUT2D eigenvalue weighted by atomic mass is 16.5. The van der Waals surface area contributed by atoms with Gasteiger partial charge in [0.15, 0.2) is 5.82 Å². The summed E-state index contributed by atoms with van der Waals surface area (Å²) in [7, 11) is 1.63. The third kappa shape index (κ3) is 4.56. The summed E-state index contributed by atoms with van der Waals surface area (Å²) in [5.74, 6) is 1.97. The van der Waals surface area contributed by atoms with Crippen molar-refractivity contribution < 1.29 is 14.1 Å². The van der Waals surface area contributed by atoms with Crippen LogP contribution in [0.1, 0.15) is 21.8 Å². The number of aromatic nitrogens is 3. The monoisotopic (exact) mass is 353 g/mol. The molecule has 2 N–H and O–H groups in total. The van der Waals surface area contributed by atoms with Crippen molar-refractivity contribution in [2.24, 2.45) is 0 Å². The number of methoxy groups -OCH3 is 1. The van der Waals surface area contributed by atoms with Crippen LogP contribution >= 0.6 is 0 Å². The van der Waals surface area contributed by atoms with Crippen LogP contribution < -0.4 is 15.4 Å². The van der Waals surface area contributed by atoms with Crippen LogP contribution in [0, 0.1) is 6.92 Å². The quantitative estimate of drug-likeness (QED) is 0.673. The summed E-state index contributed by atoms with van der Waals surface area (Å²) in [6.45, 7) is 2.28. The summed E-state index contributed by atoms with van der Waals surface area (Å²) < 4.78 is 10.1. The molecule has 0 unspecified atom stereocenters. The minimum Gasteiger partial charge on any atom is -0.497 e. The van der Waals surface area contributed by atoms with Crippen LogP contribution in [0.3, 0.4) is 0 Å². The fourth-order valence-electron chi connectivity index (χ4n) is 2.29. The molecule has 8 nitrogen and oxygen atoms in total. The molecule has 0 aliphatic rings. The van der Waals surface area contributed by atoms with Gasteiger partial charge in [0.2, 0.25) is 5.95 Å². The van der Waals surface area contributed by atoms with Crippen molar-refractivity contribution in [3.63, 3.8) is 0 Å². The largest absolute Gasteiger partial charge is 0.497 e. The first-order valence-electron chi connectivity index (χ1n) is 8.08. The Balaban J connectivity index is 1.54. The van der Waals surface area contributed by atoms with E-state index in [-0.39, 0.29) is 17.5 Å². The molecule has 134 valence electrons. The summed E-state index contributed by atoms with van der Waals surface area (Å²) in [6.07, 6.45) is 2.23. The van der Waals surface area contributed by atoms with Crippen molar-refractivity contribution in [3.8, 4) is 5.75 Å². The molecular weight excluding hydrogens is 334 g/mol. The van der Waals surface area contributed by atoms with Crippen molar-refractivity contribution in [2.75, 3.05) is 19.0 Å². The number of carbonyl (C=O) groups is 1. The van der Waals surface area contributed by atoms with Crippen LogP contribution in [0.25, 0.3) is 0 Å². The molecule has 0 saturated carbocycles. The Morgan fingerprint density at radius 2 is 2.04 bits per heavy atom. The third-order valence-electron chi connectivity index (χ3n) is 3.61. The number of amides is 1. The first-order valence-corrected chi connectivity index (χ1v) is 8.08. The highest BCUT2D eigenvalue weighted by Crippen LogP contribution is 2.13. The van der Waals surface area contributed by atoms with E-state index in [0.717, 1.165) is 11.3 Å². The standard InChI is InChI=1S/C18H19N5O3/c1-12-11-16(23-26-12)22-18-20-10-8-15(21-18)17(24)19-9-7-13-3-5-14(25-2)6-4-13/h3-6,8,10-11H,7,9H2,1-2H3,(H,19,24)(H,20,21,22,23). The van der Waals surface area contributed by atoms with E-state index in [1.807, 2.05) is 24.3 Å². The SMILES string of the molecule is COc1ccc(CCNC(=O)c2ccnc(Nc3cc(C)on3)n2)cc1. The van der Waals surface area contributed by atoms with E-state index in [1.165, 1.54) is 6.20 Å². The van der Waals surface area contributed by atoms with Gasteiger partial charge < -0.3 is 19.9 Å². The number of rotatable bonds is 7. The molecule has 0 bridgehead atoms. The highest BCUT2D eigenvalue weighted by molar-refractivity contribution is 5.92. The van der Waals surface area contributed by atoms with E-state index in [2.05, 4.69) is 25.8 Å².